The Morgan fingerprint density at radius 2 is 1.82 bits per heavy atom. The van der Waals surface area contributed by atoms with Crippen LogP contribution in [0.2, 0.25) is 0 Å². The van der Waals surface area contributed by atoms with Gasteiger partial charge in [-0.05, 0) is 18.8 Å². The summed E-state index contributed by atoms with van der Waals surface area (Å²) >= 11 is 0. The first kappa shape index (κ1) is 17.2. The van der Waals surface area contributed by atoms with Gasteiger partial charge in [0.25, 0.3) is 0 Å². The molecular weight excluding hydrogens is 282 g/mol. The van der Waals surface area contributed by atoms with Crippen molar-refractivity contribution in [3.63, 3.8) is 0 Å². The number of piperazine rings is 1. The Kier molecular flexibility index (Phi) is 6.20. The minimum Gasteiger partial charge on any atom is -0.375 e. The average molecular weight is 311 g/mol. The fraction of sp³-hybridized carbons (Fsp3) is 0.875. The van der Waals surface area contributed by atoms with Crippen LogP contribution < -0.4 is 0 Å². The smallest absolute Gasteiger partial charge is 0.248 e. The highest BCUT2D eigenvalue weighted by molar-refractivity contribution is 5.79. The molecular formula is C16H29N3O3. The van der Waals surface area contributed by atoms with Crippen molar-refractivity contribution < 1.29 is 14.3 Å². The molecule has 0 spiro atoms. The maximum Gasteiger partial charge on any atom is 0.248 e. The van der Waals surface area contributed by atoms with E-state index in [1.807, 2.05) is 4.90 Å². The summed E-state index contributed by atoms with van der Waals surface area (Å²) in [6, 6.07) is 0.472. The normalized spacial score (nSPS) is 19.5. The standard InChI is InChI=1S/C16H29N3O3/c1-13(2)10-19(14-4-5-14)15(20)11-17-6-8-18(9-7-17)16(21)12-22-3/h13-14H,4-12H2,1-3H3. The lowest BCUT2D eigenvalue weighted by atomic mass is 10.2. The monoisotopic (exact) mass is 311 g/mol. The van der Waals surface area contributed by atoms with Gasteiger partial charge in [-0.1, -0.05) is 13.8 Å². The molecule has 22 heavy (non-hydrogen) atoms. The highest BCUT2D eigenvalue weighted by atomic mass is 16.5. The Labute approximate surface area is 133 Å². The third kappa shape index (κ3) is 4.95. The highest BCUT2D eigenvalue weighted by Gasteiger charge is 2.33. The second-order valence-electron chi connectivity index (χ2n) is 6.76. The maximum absolute atomic E-state index is 12.5. The summed E-state index contributed by atoms with van der Waals surface area (Å²) in [5.41, 5.74) is 0. The molecule has 0 atom stereocenters. The fourth-order valence-electron chi connectivity index (χ4n) is 2.89. The number of nitrogens with zero attached hydrogens (tertiary/aromatic N) is 3. The van der Waals surface area contributed by atoms with Crippen LogP contribution in [0.15, 0.2) is 0 Å². The Morgan fingerprint density at radius 3 is 2.32 bits per heavy atom. The summed E-state index contributed by atoms with van der Waals surface area (Å²) in [5, 5.41) is 0. The van der Waals surface area contributed by atoms with Crippen LogP contribution in [0.3, 0.4) is 0 Å². The number of hydrogen-bond donors (Lipinski definition) is 0. The fourth-order valence-corrected chi connectivity index (χ4v) is 2.89. The van der Waals surface area contributed by atoms with Crippen LogP contribution in [0.1, 0.15) is 26.7 Å². The molecule has 0 aromatic heterocycles. The van der Waals surface area contributed by atoms with Gasteiger partial charge in [0.1, 0.15) is 6.61 Å². The van der Waals surface area contributed by atoms with Gasteiger partial charge in [0.05, 0.1) is 6.54 Å². The Bertz CT molecular complexity index is 388. The summed E-state index contributed by atoms with van der Waals surface area (Å²) in [7, 11) is 1.54. The molecule has 1 aliphatic carbocycles. The molecule has 0 N–H and O–H groups in total. The third-order valence-corrected chi connectivity index (χ3v) is 4.22. The predicted molar refractivity (Wildman–Crippen MR) is 84.5 cm³/mol. The first-order valence-corrected chi connectivity index (χ1v) is 8.29. The third-order valence-electron chi connectivity index (χ3n) is 4.22. The summed E-state index contributed by atoms with van der Waals surface area (Å²) < 4.78 is 4.88. The van der Waals surface area contributed by atoms with E-state index >= 15 is 0 Å². The quantitative estimate of drug-likeness (QED) is 0.684. The van der Waals surface area contributed by atoms with Gasteiger partial charge in [-0.25, -0.2) is 0 Å². The lowest BCUT2D eigenvalue weighted by Crippen LogP contribution is -2.52. The largest absolute Gasteiger partial charge is 0.375 e. The number of amides is 2. The minimum absolute atomic E-state index is 0.0351. The van der Waals surface area contributed by atoms with Gasteiger partial charge in [0.2, 0.25) is 11.8 Å². The number of carbonyl (C=O) groups is 2. The zero-order valence-electron chi connectivity index (χ0n) is 14.1. The molecule has 6 nitrogen and oxygen atoms in total. The highest BCUT2D eigenvalue weighted by Crippen LogP contribution is 2.27. The van der Waals surface area contributed by atoms with E-state index < -0.39 is 0 Å². The molecule has 0 unspecified atom stereocenters. The van der Waals surface area contributed by atoms with Crippen molar-refractivity contribution in [3.05, 3.63) is 0 Å². The number of methoxy groups -OCH3 is 1. The molecule has 2 amide bonds. The Morgan fingerprint density at radius 1 is 1.18 bits per heavy atom. The van der Waals surface area contributed by atoms with Crippen molar-refractivity contribution >= 4 is 11.8 Å². The zero-order chi connectivity index (χ0) is 16.1. The van der Waals surface area contributed by atoms with E-state index in [-0.39, 0.29) is 18.4 Å². The van der Waals surface area contributed by atoms with Crippen LogP contribution in [0.25, 0.3) is 0 Å². The molecule has 6 heteroatoms. The number of rotatable bonds is 7. The van der Waals surface area contributed by atoms with E-state index in [0.717, 1.165) is 32.5 Å². The van der Waals surface area contributed by atoms with Crippen LogP contribution in [-0.4, -0.2) is 85.5 Å². The molecule has 1 heterocycles. The van der Waals surface area contributed by atoms with E-state index in [4.69, 9.17) is 4.74 Å². The summed E-state index contributed by atoms with van der Waals surface area (Å²) in [6.45, 7) is 8.69. The minimum atomic E-state index is 0.0351. The number of ether oxygens (including phenoxy) is 1. The number of carbonyl (C=O) groups excluding carboxylic acids is 2. The van der Waals surface area contributed by atoms with Crippen molar-refractivity contribution in [3.8, 4) is 0 Å². The Balaban J connectivity index is 1.77. The van der Waals surface area contributed by atoms with Crippen LogP contribution in [0.4, 0.5) is 0 Å². The van der Waals surface area contributed by atoms with Gasteiger partial charge in [-0.3, -0.25) is 14.5 Å². The van der Waals surface area contributed by atoms with E-state index in [9.17, 15) is 9.59 Å². The molecule has 1 aliphatic heterocycles. The van der Waals surface area contributed by atoms with Gasteiger partial charge < -0.3 is 14.5 Å². The van der Waals surface area contributed by atoms with Gasteiger partial charge in [-0.15, -0.1) is 0 Å². The molecule has 0 aromatic rings. The van der Waals surface area contributed by atoms with E-state index in [1.165, 1.54) is 7.11 Å². The van der Waals surface area contributed by atoms with Crippen molar-refractivity contribution in [2.45, 2.75) is 32.7 Å². The second-order valence-corrected chi connectivity index (χ2v) is 6.76. The van der Waals surface area contributed by atoms with Crippen LogP contribution in [0, 0.1) is 5.92 Å². The Hall–Kier alpha value is -1.14. The summed E-state index contributed by atoms with van der Waals surface area (Å²) in [5.74, 6) is 0.786. The van der Waals surface area contributed by atoms with Crippen LogP contribution in [0.5, 0.6) is 0 Å². The molecule has 126 valence electrons. The molecule has 0 aromatic carbocycles. The number of hydrogen-bond acceptors (Lipinski definition) is 4. The average Bonchev–Trinajstić information content (AvgIpc) is 3.30. The van der Waals surface area contributed by atoms with Crippen molar-refractivity contribution in [2.75, 3.05) is 53.0 Å². The van der Waals surface area contributed by atoms with Gasteiger partial charge in [0, 0.05) is 45.9 Å². The molecule has 2 rings (SSSR count). The van der Waals surface area contributed by atoms with Gasteiger partial charge >= 0.3 is 0 Å². The van der Waals surface area contributed by atoms with Gasteiger partial charge in [-0.2, -0.15) is 0 Å². The SMILES string of the molecule is COCC(=O)N1CCN(CC(=O)N(CC(C)C)C2CC2)CC1. The first-order chi connectivity index (χ1) is 10.5. The molecule has 1 saturated carbocycles. The summed E-state index contributed by atoms with van der Waals surface area (Å²) in [6.07, 6.45) is 2.30. The van der Waals surface area contributed by atoms with Crippen molar-refractivity contribution in [2.24, 2.45) is 5.92 Å². The lowest BCUT2D eigenvalue weighted by molar-refractivity contribution is -0.138. The zero-order valence-corrected chi connectivity index (χ0v) is 14.1. The molecule has 0 radical (unpaired) electrons. The van der Waals surface area contributed by atoms with Gasteiger partial charge in [0.15, 0.2) is 0 Å². The maximum atomic E-state index is 12.5. The molecule has 2 fully saturated rings. The first-order valence-electron chi connectivity index (χ1n) is 8.29. The topological polar surface area (TPSA) is 53.1 Å². The van der Waals surface area contributed by atoms with Crippen molar-refractivity contribution in [1.82, 2.24) is 14.7 Å². The van der Waals surface area contributed by atoms with E-state index in [2.05, 4.69) is 23.6 Å². The van der Waals surface area contributed by atoms with E-state index in [0.29, 0.717) is 31.6 Å². The molecule has 1 saturated heterocycles. The van der Waals surface area contributed by atoms with Crippen LogP contribution in [-0.2, 0) is 14.3 Å². The summed E-state index contributed by atoms with van der Waals surface area (Å²) in [4.78, 5) is 30.3. The molecule has 0 bridgehead atoms. The van der Waals surface area contributed by atoms with Crippen LogP contribution >= 0.6 is 0 Å². The molecule has 2 aliphatic rings. The second kappa shape index (κ2) is 7.92. The lowest BCUT2D eigenvalue weighted by Gasteiger charge is -2.35. The van der Waals surface area contributed by atoms with E-state index in [1.54, 1.807) is 0 Å². The predicted octanol–water partition coefficient (Wildman–Crippen LogP) is 0.424. The van der Waals surface area contributed by atoms with Crippen molar-refractivity contribution in [1.29, 1.82) is 0 Å².